The van der Waals surface area contributed by atoms with E-state index in [9.17, 15) is 14.4 Å². The van der Waals surface area contributed by atoms with Crippen LogP contribution in [0.4, 0.5) is 16.3 Å². The van der Waals surface area contributed by atoms with Gasteiger partial charge >= 0.3 is 6.03 Å². The fraction of sp³-hybridized carbons (Fsp3) is 0.250. The molecule has 4 amide bonds. The number of rotatable bonds is 5. The van der Waals surface area contributed by atoms with E-state index in [1.54, 1.807) is 20.3 Å². The van der Waals surface area contributed by atoms with Crippen molar-refractivity contribution in [3.05, 3.63) is 95.5 Å². The summed E-state index contributed by atoms with van der Waals surface area (Å²) in [5.41, 5.74) is 4.69. The molecule has 0 bridgehead atoms. The molecule has 1 radical (unpaired) electrons. The molecule has 0 saturated heterocycles. The highest BCUT2D eigenvalue weighted by Crippen LogP contribution is 2.46. The maximum Gasteiger partial charge on any atom is 0.320 e. The third-order valence-electron chi connectivity index (χ3n) is 6.93. The van der Waals surface area contributed by atoms with Gasteiger partial charge in [0, 0.05) is 38.1 Å². The second kappa shape index (κ2) is 9.11. The van der Waals surface area contributed by atoms with E-state index >= 15 is 0 Å². The summed E-state index contributed by atoms with van der Waals surface area (Å²) in [5.74, 6) is 0.285. The molecule has 3 aromatic rings. The van der Waals surface area contributed by atoms with Crippen LogP contribution in [0.25, 0.3) is 0 Å². The summed E-state index contributed by atoms with van der Waals surface area (Å²) in [7, 11) is 3.32. The first-order valence-electron chi connectivity index (χ1n) is 11.8. The van der Waals surface area contributed by atoms with Gasteiger partial charge in [0.05, 0.1) is 5.41 Å². The van der Waals surface area contributed by atoms with E-state index in [-0.39, 0.29) is 30.9 Å². The molecule has 1 aliphatic heterocycles. The zero-order chi connectivity index (χ0) is 25.4. The summed E-state index contributed by atoms with van der Waals surface area (Å²) in [6.45, 7) is 4.20. The van der Waals surface area contributed by atoms with Crippen molar-refractivity contribution in [2.45, 2.75) is 24.8 Å². The topological polar surface area (TPSA) is 94.6 Å². The molecule has 2 heterocycles. The molecule has 1 atom stereocenters. The maximum atomic E-state index is 13.0. The van der Waals surface area contributed by atoms with Gasteiger partial charge in [-0.05, 0) is 60.2 Å². The van der Waals surface area contributed by atoms with Crippen LogP contribution < -0.4 is 10.6 Å². The molecule has 36 heavy (non-hydrogen) atoms. The molecule has 2 aliphatic rings. The molecule has 8 nitrogen and oxygen atoms in total. The molecule has 2 aromatic carbocycles. The van der Waals surface area contributed by atoms with Crippen molar-refractivity contribution < 1.29 is 14.4 Å². The van der Waals surface area contributed by atoms with Gasteiger partial charge in [-0.25, -0.2) is 9.78 Å². The lowest BCUT2D eigenvalue weighted by atomic mass is 9.79. The van der Waals surface area contributed by atoms with Gasteiger partial charge < -0.3 is 20.4 Å². The number of hydrogen-bond acceptors (Lipinski definition) is 4. The van der Waals surface area contributed by atoms with Crippen LogP contribution in [0.3, 0.4) is 0 Å². The van der Waals surface area contributed by atoms with Gasteiger partial charge in [-0.1, -0.05) is 36.4 Å². The minimum atomic E-state index is -0.662. The Bertz CT molecular complexity index is 1370. The second-order valence-electron chi connectivity index (χ2n) is 9.62. The predicted octanol–water partition coefficient (Wildman–Crippen LogP) is 3.37. The third-order valence-corrected chi connectivity index (χ3v) is 6.93. The average Bonchev–Trinajstić information content (AvgIpc) is 3.36. The third kappa shape index (κ3) is 4.19. The number of carbonyl (C=O) groups excluding carboxylic acids is 3. The van der Waals surface area contributed by atoms with Gasteiger partial charge in [-0.15, -0.1) is 0 Å². The van der Waals surface area contributed by atoms with Crippen molar-refractivity contribution in [1.82, 2.24) is 14.8 Å². The summed E-state index contributed by atoms with van der Waals surface area (Å²) in [4.78, 5) is 46.0. The standard InChI is InChI=1S/C28H28N5O3/c1-18-7-4-5-8-20(18)16-33(27(36)32(2)3)17-24(34)30-22-11-10-19-14-28(15-21(19)13-22)23-9-6-12-29-25(23)31-26(28)35/h4-13H,1,14-17H2,2-3H3,(H,30,34)(H,29,31,35). The van der Waals surface area contributed by atoms with Gasteiger partial charge in [-0.2, -0.15) is 0 Å². The molecule has 2 N–H and O–H groups in total. The first-order valence-corrected chi connectivity index (χ1v) is 11.8. The normalized spacial score (nSPS) is 17.4. The highest BCUT2D eigenvalue weighted by molar-refractivity contribution is 6.06. The lowest BCUT2D eigenvalue weighted by molar-refractivity contribution is -0.120. The quantitative estimate of drug-likeness (QED) is 0.583. The number of anilines is 2. The van der Waals surface area contributed by atoms with Crippen molar-refractivity contribution in [3.63, 3.8) is 0 Å². The van der Waals surface area contributed by atoms with Gasteiger partial charge in [-0.3, -0.25) is 9.59 Å². The molecule has 1 spiro atoms. The summed E-state index contributed by atoms with van der Waals surface area (Å²) in [6.07, 6.45) is 2.81. The van der Waals surface area contributed by atoms with Gasteiger partial charge in [0.1, 0.15) is 12.4 Å². The smallest absolute Gasteiger partial charge is 0.320 e. The Labute approximate surface area is 210 Å². The SMILES string of the molecule is [CH2]c1ccccc1CN(CC(=O)Nc1ccc2c(c1)CC1(C2)C(=O)Nc2ncccc21)C(=O)N(C)C. The van der Waals surface area contributed by atoms with Crippen LogP contribution in [0.2, 0.25) is 0 Å². The van der Waals surface area contributed by atoms with Crippen molar-refractivity contribution in [2.24, 2.45) is 0 Å². The Balaban J connectivity index is 1.31. The van der Waals surface area contributed by atoms with Crippen LogP contribution in [0.1, 0.15) is 27.8 Å². The largest absolute Gasteiger partial charge is 0.331 e. The van der Waals surface area contributed by atoms with E-state index in [2.05, 4.69) is 22.5 Å². The molecular formula is C28H28N5O3. The van der Waals surface area contributed by atoms with Gasteiger partial charge in [0.15, 0.2) is 0 Å². The van der Waals surface area contributed by atoms with Gasteiger partial charge in [0.2, 0.25) is 11.8 Å². The number of carbonyl (C=O) groups is 3. The molecule has 183 valence electrons. The van der Waals surface area contributed by atoms with Crippen molar-refractivity contribution in [1.29, 1.82) is 0 Å². The molecule has 8 heteroatoms. The highest BCUT2D eigenvalue weighted by Gasteiger charge is 2.51. The lowest BCUT2D eigenvalue weighted by Crippen LogP contribution is -2.43. The number of nitrogens with zero attached hydrogens (tertiary/aromatic N) is 3. The number of amides is 4. The maximum absolute atomic E-state index is 13.0. The minimum absolute atomic E-state index is 0.0403. The van der Waals surface area contributed by atoms with E-state index in [4.69, 9.17) is 0 Å². The first-order chi connectivity index (χ1) is 17.3. The summed E-state index contributed by atoms with van der Waals surface area (Å²) >= 11 is 0. The molecule has 1 unspecified atom stereocenters. The number of aromatic nitrogens is 1. The van der Waals surface area contributed by atoms with Crippen molar-refractivity contribution >= 4 is 29.4 Å². The number of benzene rings is 2. The first kappa shape index (κ1) is 23.5. The Hall–Kier alpha value is -4.20. The van der Waals surface area contributed by atoms with E-state index in [1.807, 2.05) is 54.6 Å². The molecule has 0 fully saturated rings. The van der Waals surface area contributed by atoms with E-state index in [0.717, 1.165) is 27.8 Å². The zero-order valence-corrected chi connectivity index (χ0v) is 20.4. The molecule has 0 saturated carbocycles. The molecule has 1 aromatic heterocycles. The molecule has 5 rings (SSSR count). The van der Waals surface area contributed by atoms with E-state index < -0.39 is 5.41 Å². The van der Waals surface area contributed by atoms with Crippen LogP contribution in [0.5, 0.6) is 0 Å². The number of fused-ring (bicyclic) bond motifs is 3. The fourth-order valence-corrected chi connectivity index (χ4v) is 5.11. The Morgan fingerprint density at radius 2 is 1.86 bits per heavy atom. The van der Waals surface area contributed by atoms with Crippen LogP contribution >= 0.6 is 0 Å². The van der Waals surface area contributed by atoms with Crippen LogP contribution in [0.15, 0.2) is 60.8 Å². The summed E-state index contributed by atoms with van der Waals surface area (Å²) in [6, 6.07) is 16.8. The van der Waals surface area contributed by atoms with Crippen molar-refractivity contribution in [3.8, 4) is 0 Å². The zero-order valence-electron chi connectivity index (χ0n) is 20.4. The van der Waals surface area contributed by atoms with E-state index in [0.29, 0.717) is 24.3 Å². The second-order valence-corrected chi connectivity index (χ2v) is 9.62. The monoisotopic (exact) mass is 482 g/mol. The highest BCUT2D eigenvalue weighted by atomic mass is 16.2. The molecular weight excluding hydrogens is 454 g/mol. The minimum Gasteiger partial charge on any atom is -0.331 e. The van der Waals surface area contributed by atoms with Crippen molar-refractivity contribution in [2.75, 3.05) is 31.3 Å². The number of hydrogen-bond donors (Lipinski definition) is 2. The summed E-state index contributed by atoms with van der Waals surface area (Å²) < 4.78 is 0. The molecule has 1 aliphatic carbocycles. The Morgan fingerprint density at radius 3 is 2.64 bits per heavy atom. The average molecular weight is 483 g/mol. The Kier molecular flexibility index (Phi) is 5.96. The fourth-order valence-electron chi connectivity index (χ4n) is 5.11. The van der Waals surface area contributed by atoms with Gasteiger partial charge in [0.25, 0.3) is 0 Å². The van der Waals surface area contributed by atoms with Crippen LogP contribution in [-0.4, -0.2) is 53.3 Å². The number of pyridine rings is 1. The lowest BCUT2D eigenvalue weighted by Gasteiger charge is -2.26. The van der Waals surface area contributed by atoms with Crippen LogP contribution in [-0.2, 0) is 34.4 Å². The predicted molar refractivity (Wildman–Crippen MR) is 137 cm³/mol. The number of urea groups is 1. The van der Waals surface area contributed by atoms with Crippen LogP contribution in [0, 0.1) is 6.92 Å². The van der Waals surface area contributed by atoms with E-state index in [1.165, 1.54) is 9.80 Å². The Morgan fingerprint density at radius 1 is 1.08 bits per heavy atom. The summed E-state index contributed by atoms with van der Waals surface area (Å²) in [5, 5.41) is 5.84. The number of nitrogens with one attached hydrogen (secondary N) is 2.